The molecule has 0 saturated carbocycles. The van der Waals surface area contributed by atoms with Gasteiger partial charge in [0.2, 0.25) is 0 Å². The van der Waals surface area contributed by atoms with Crippen LogP contribution in [-0.2, 0) is 13.0 Å². The van der Waals surface area contributed by atoms with Crippen molar-refractivity contribution in [3.8, 4) is 11.5 Å². The van der Waals surface area contributed by atoms with Crippen molar-refractivity contribution in [1.29, 1.82) is 0 Å². The van der Waals surface area contributed by atoms with E-state index in [1.165, 1.54) is 11.3 Å². The second kappa shape index (κ2) is 6.16. The van der Waals surface area contributed by atoms with E-state index < -0.39 is 0 Å². The largest absolute Gasteiger partial charge is 0.497 e. The van der Waals surface area contributed by atoms with E-state index in [1.807, 2.05) is 35.2 Å². The molecule has 2 aromatic carbocycles. The molecule has 1 aliphatic rings. The monoisotopic (exact) mass is 336 g/mol. The Hall–Kier alpha value is -2.95. The number of fused-ring (bicyclic) bond motifs is 3. The van der Waals surface area contributed by atoms with Gasteiger partial charge in [-0.25, -0.2) is 0 Å². The van der Waals surface area contributed by atoms with Crippen LogP contribution in [0.25, 0.3) is 10.9 Å². The molecule has 0 radical (unpaired) electrons. The van der Waals surface area contributed by atoms with Crippen molar-refractivity contribution >= 4 is 16.8 Å². The van der Waals surface area contributed by atoms with Gasteiger partial charge in [0, 0.05) is 41.7 Å². The van der Waals surface area contributed by atoms with Crippen LogP contribution >= 0.6 is 0 Å². The highest BCUT2D eigenvalue weighted by Gasteiger charge is 2.25. The molecule has 4 rings (SSSR count). The van der Waals surface area contributed by atoms with Crippen molar-refractivity contribution < 1.29 is 14.3 Å². The number of ether oxygens (including phenoxy) is 2. The Morgan fingerprint density at radius 3 is 2.76 bits per heavy atom. The average Bonchev–Trinajstić information content (AvgIpc) is 3.05. The summed E-state index contributed by atoms with van der Waals surface area (Å²) in [5, 5.41) is 1.12. The van der Waals surface area contributed by atoms with E-state index in [0.29, 0.717) is 24.4 Å². The lowest BCUT2D eigenvalue weighted by molar-refractivity contribution is 0.0734. The van der Waals surface area contributed by atoms with Crippen LogP contribution in [0.1, 0.15) is 21.6 Å². The Labute approximate surface area is 146 Å². The summed E-state index contributed by atoms with van der Waals surface area (Å²) in [5.74, 6) is 1.56. The van der Waals surface area contributed by atoms with Gasteiger partial charge in [0.1, 0.15) is 11.5 Å². The number of carbonyl (C=O) groups is 1. The molecule has 1 aliphatic heterocycles. The van der Waals surface area contributed by atoms with Crippen LogP contribution in [0, 0.1) is 0 Å². The second-order valence-electron chi connectivity index (χ2n) is 6.17. The zero-order valence-corrected chi connectivity index (χ0v) is 14.3. The lowest BCUT2D eigenvalue weighted by Crippen LogP contribution is -2.35. The molecule has 0 spiro atoms. The first-order valence-electron chi connectivity index (χ1n) is 8.31. The molecule has 0 fully saturated rings. The first-order chi connectivity index (χ1) is 12.2. The molecule has 1 N–H and O–H groups in total. The summed E-state index contributed by atoms with van der Waals surface area (Å²) in [6.07, 6.45) is 0.808. The SMILES string of the molecule is COc1cccc(C(=O)N2CCc3[nH]c4c(OC)cccc4c3C2)c1. The number of carbonyl (C=O) groups excluding carboxylic acids is 1. The minimum Gasteiger partial charge on any atom is -0.497 e. The van der Waals surface area contributed by atoms with E-state index in [-0.39, 0.29) is 5.91 Å². The number of hydrogen-bond donors (Lipinski definition) is 1. The fourth-order valence-electron chi connectivity index (χ4n) is 3.49. The summed E-state index contributed by atoms with van der Waals surface area (Å²) >= 11 is 0. The van der Waals surface area contributed by atoms with Crippen LogP contribution in [0.3, 0.4) is 0 Å². The maximum Gasteiger partial charge on any atom is 0.254 e. The molecule has 0 aliphatic carbocycles. The van der Waals surface area contributed by atoms with Crippen molar-refractivity contribution in [3.05, 3.63) is 59.3 Å². The number of H-pyrrole nitrogens is 1. The Balaban J connectivity index is 1.67. The van der Waals surface area contributed by atoms with Gasteiger partial charge in [-0.2, -0.15) is 0 Å². The Morgan fingerprint density at radius 1 is 1.12 bits per heavy atom. The van der Waals surface area contributed by atoms with Crippen molar-refractivity contribution in [1.82, 2.24) is 9.88 Å². The van der Waals surface area contributed by atoms with Crippen LogP contribution in [0.2, 0.25) is 0 Å². The van der Waals surface area contributed by atoms with Gasteiger partial charge < -0.3 is 19.4 Å². The van der Waals surface area contributed by atoms with Gasteiger partial charge in [-0.3, -0.25) is 4.79 Å². The molecule has 128 valence electrons. The van der Waals surface area contributed by atoms with E-state index >= 15 is 0 Å². The Kier molecular flexibility index (Phi) is 3.84. The number of aromatic amines is 1. The summed E-state index contributed by atoms with van der Waals surface area (Å²) in [6, 6.07) is 13.3. The fourth-order valence-corrected chi connectivity index (χ4v) is 3.49. The first-order valence-corrected chi connectivity index (χ1v) is 8.31. The molecule has 0 saturated heterocycles. The third-order valence-electron chi connectivity index (χ3n) is 4.80. The number of amides is 1. The smallest absolute Gasteiger partial charge is 0.254 e. The number of benzene rings is 2. The van der Waals surface area contributed by atoms with Crippen LogP contribution in [0.5, 0.6) is 11.5 Å². The van der Waals surface area contributed by atoms with Crippen LogP contribution < -0.4 is 9.47 Å². The van der Waals surface area contributed by atoms with Gasteiger partial charge in [-0.15, -0.1) is 0 Å². The van der Waals surface area contributed by atoms with Crippen molar-refractivity contribution in [2.75, 3.05) is 20.8 Å². The van der Waals surface area contributed by atoms with Crippen molar-refractivity contribution in [3.63, 3.8) is 0 Å². The molecule has 1 amide bonds. The summed E-state index contributed by atoms with van der Waals surface area (Å²) < 4.78 is 10.7. The molecule has 2 heterocycles. The molecular weight excluding hydrogens is 316 g/mol. The van der Waals surface area contributed by atoms with Gasteiger partial charge in [-0.05, 0) is 24.3 Å². The third kappa shape index (κ3) is 2.61. The van der Waals surface area contributed by atoms with Crippen LogP contribution in [0.15, 0.2) is 42.5 Å². The maximum atomic E-state index is 12.9. The first kappa shape index (κ1) is 15.6. The minimum atomic E-state index is 0.0294. The van der Waals surface area contributed by atoms with E-state index in [4.69, 9.17) is 9.47 Å². The highest BCUT2D eigenvalue weighted by Crippen LogP contribution is 2.33. The zero-order valence-electron chi connectivity index (χ0n) is 14.3. The lowest BCUT2D eigenvalue weighted by atomic mass is 10.0. The number of para-hydroxylation sites is 1. The number of hydrogen-bond acceptors (Lipinski definition) is 3. The number of nitrogens with one attached hydrogen (secondary N) is 1. The normalized spacial score (nSPS) is 13.6. The lowest BCUT2D eigenvalue weighted by Gasteiger charge is -2.27. The van der Waals surface area contributed by atoms with E-state index in [1.54, 1.807) is 20.3 Å². The molecule has 3 aromatic rings. The molecule has 0 unspecified atom stereocenters. The summed E-state index contributed by atoms with van der Waals surface area (Å²) in [5.41, 5.74) is 4.02. The van der Waals surface area contributed by atoms with Gasteiger partial charge in [-0.1, -0.05) is 18.2 Å². The summed E-state index contributed by atoms with van der Waals surface area (Å²) in [6.45, 7) is 1.29. The fraction of sp³-hybridized carbons (Fsp3) is 0.250. The Bertz CT molecular complexity index is 945. The highest BCUT2D eigenvalue weighted by atomic mass is 16.5. The average molecular weight is 336 g/mol. The van der Waals surface area contributed by atoms with Crippen LogP contribution in [-0.4, -0.2) is 36.6 Å². The zero-order chi connectivity index (χ0) is 17.4. The predicted octanol–water partition coefficient (Wildman–Crippen LogP) is 3.38. The molecule has 25 heavy (non-hydrogen) atoms. The second-order valence-corrected chi connectivity index (χ2v) is 6.17. The number of nitrogens with zero attached hydrogens (tertiary/aromatic N) is 1. The Morgan fingerprint density at radius 2 is 1.96 bits per heavy atom. The number of aromatic nitrogens is 1. The van der Waals surface area contributed by atoms with Gasteiger partial charge in [0.15, 0.2) is 0 Å². The van der Waals surface area contributed by atoms with Crippen LogP contribution in [0.4, 0.5) is 0 Å². The van der Waals surface area contributed by atoms with E-state index in [2.05, 4.69) is 11.1 Å². The highest BCUT2D eigenvalue weighted by molar-refractivity contribution is 5.96. The van der Waals surface area contributed by atoms with E-state index in [0.717, 1.165) is 23.1 Å². The molecule has 0 bridgehead atoms. The molecule has 5 heteroatoms. The molecule has 0 atom stereocenters. The van der Waals surface area contributed by atoms with Crippen molar-refractivity contribution in [2.45, 2.75) is 13.0 Å². The van der Waals surface area contributed by atoms with Gasteiger partial charge in [0.05, 0.1) is 19.7 Å². The maximum absolute atomic E-state index is 12.9. The number of rotatable bonds is 3. The predicted molar refractivity (Wildman–Crippen MR) is 96.3 cm³/mol. The topological polar surface area (TPSA) is 54.6 Å². The van der Waals surface area contributed by atoms with Crippen molar-refractivity contribution in [2.24, 2.45) is 0 Å². The molecule has 5 nitrogen and oxygen atoms in total. The summed E-state index contributed by atoms with van der Waals surface area (Å²) in [4.78, 5) is 18.3. The summed E-state index contributed by atoms with van der Waals surface area (Å²) in [7, 11) is 3.28. The minimum absolute atomic E-state index is 0.0294. The standard InChI is InChI=1S/C20H20N2O3/c1-24-14-6-3-5-13(11-14)20(23)22-10-9-17-16(12-22)15-7-4-8-18(25-2)19(15)21-17/h3-8,11,21H,9-10,12H2,1-2H3. The number of methoxy groups -OCH3 is 2. The molecule has 1 aromatic heterocycles. The third-order valence-corrected chi connectivity index (χ3v) is 4.80. The quantitative estimate of drug-likeness (QED) is 0.798. The molecular formula is C20H20N2O3. The van der Waals surface area contributed by atoms with E-state index in [9.17, 15) is 4.79 Å². The van der Waals surface area contributed by atoms with Gasteiger partial charge >= 0.3 is 0 Å². The van der Waals surface area contributed by atoms with Gasteiger partial charge in [0.25, 0.3) is 5.91 Å².